The molecule has 98 valence electrons. The van der Waals surface area contributed by atoms with Crippen LogP contribution in [0.15, 0.2) is 0 Å². The lowest BCUT2D eigenvalue weighted by molar-refractivity contribution is -0.127. The van der Waals surface area contributed by atoms with Gasteiger partial charge in [0.05, 0.1) is 11.4 Å². The van der Waals surface area contributed by atoms with E-state index >= 15 is 0 Å². The number of hydrogen-bond acceptors (Lipinski definition) is 4. The van der Waals surface area contributed by atoms with Gasteiger partial charge in [0.25, 0.3) is 5.91 Å². The first kappa shape index (κ1) is 12.4. The number of carbonyl (C=O) groups excluding carboxylic acids is 2. The highest BCUT2D eigenvalue weighted by atomic mass is 16.2. The average Bonchev–Trinajstić information content (AvgIpc) is 2.56. The van der Waals surface area contributed by atoms with E-state index in [0.717, 1.165) is 0 Å². The van der Waals surface area contributed by atoms with Crippen LogP contribution in [0.4, 0.5) is 5.69 Å². The monoisotopic (exact) mass is 251 g/mol. The Hall–Kier alpha value is -2.05. The average molecular weight is 251 g/mol. The van der Waals surface area contributed by atoms with Gasteiger partial charge >= 0.3 is 0 Å². The molecule has 0 aliphatic carbocycles. The Labute approximate surface area is 105 Å². The van der Waals surface area contributed by atoms with E-state index < -0.39 is 6.04 Å². The first-order valence-corrected chi connectivity index (χ1v) is 5.81. The fraction of sp³-hybridized carbons (Fsp3) is 0.545. The Kier molecular flexibility index (Phi) is 2.98. The lowest BCUT2D eigenvalue weighted by Gasteiger charge is -2.32. The molecule has 0 bridgehead atoms. The van der Waals surface area contributed by atoms with Gasteiger partial charge in [-0.15, -0.1) is 0 Å². The summed E-state index contributed by atoms with van der Waals surface area (Å²) in [5.41, 5.74) is 7.20. The summed E-state index contributed by atoms with van der Waals surface area (Å²) >= 11 is 0. The van der Waals surface area contributed by atoms with Gasteiger partial charge in [0, 0.05) is 20.1 Å². The number of aromatic nitrogens is 2. The van der Waals surface area contributed by atoms with Crippen LogP contribution in [0.2, 0.25) is 0 Å². The van der Waals surface area contributed by atoms with Crippen molar-refractivity contribution in [3.63, 3.8) is 0 Å². The quantitative estimate of drug-likeness (QED) is 0.688. The summed E-state index contributed by atoms with van der Waals surface area (Å²) in [6.45, 7) is 4.39. The molecule has 0 radical (unpaired) electrons. The fourth-order valence-electron chi connectivity index (χ4n) is 2.12. The summed E-state index contributed by atoms with van der Waals surface area (Å²) in [6.07, 6.45) is 0. The fourth-order valence-corrected chi connectivity index (χ4v) is 2.12. The van der Waals surface area contributed by atoms with E-state index in [0.29, 0.717) is 30.2 Å². The summed E-state index contributed by atoms with van der Waals surface area (Å²) in [4.78, 5) is 25.5. The van der Waals surface area contributed by atoms with Crippen molar-refractivity contribution in [1.82, 2.24) is 20.0 Å². The van der Waals surface area contributed by atoms with Gasteiger partial charge in [-0.25, -0.2) is 0 Å². The summed E-state index contributed by atoms with van der Waals surface area (Å²) in [6, 6.07) is -0.485. The van der Waals surface area contributed by atoms with Gasteiger partial charge in [0.1, 0.15) is 11.7 Å². The van der Waals surface area contributed by atoms with E-state index in [1.54, 1.807) is 20.9 Å². The molecule has 18 heavy (non-hydrogen) atoms. The van der Waals surface area contributed by atoms with Gasteiger partial charge in [0.2, 0.25) is 5.91 Å². The van der Waals surface area contributed by atoms with E-state index in [1.165, 1.54) is 9.58 Å². The zero-order valence-electron chi connectivity index (χ0n) is 10.7. The molecular weight excluding hydrogens is 234 g/mol. The predicted octanol–water partition coefficient (Wildman–Crippen LogP) is -0.729. The summed E-state index contributed by atoms with van der Waals surface area (Å²) in [7, 11) is 1.67. The summed E-state index contributed by atoms with van der Waals surface area (Å²) in [5, 5.41) is 6.83. The molecule has 0 spiro atoms. The molecule has 1 fully saturated rings. The smallest absolute Gasteiger partial charge is 0.275 e. The molecule has 0 aromatic carbocycles. The minimum atomic E-state index is -0.485. The molecule has 2 rings (SSSR count). The highest BCUT2D eigenvalue weighted by Crippen LogP contribution is 2.19. The van der Waals surface area contributed by atoms with Crippen LogP contribution in [0.3, 0.4) is 0 Å². The second-order valence-electron chi connectivity index (χ2n) is 4.44. The van der Waals surface area contributed by atoms with Crippen LogP contribution in [0.25, 0.3) is 0 Å². The van der Waals surface area contributed by atoms with Gasteiger partial charge in [0.15, 0.2) is 0 Å². The second kappa shape index (κ2) is 4.32. The van der Waals surface area contributed by atoms with Crippen molar-refractivity contribution in [3.8, 4) is 0 Å². The highest BCUT2D eigenvalue weighted by molar-refractivity contribution is 6.00. The lowest BCUT2D eigenvalue weighted by atomic mass is 10.1. The van der Waals surface area contributed by atoms with Gasteiger partial charge < -0.3 is 16.0 Å². The Morgan fingerprint density at radius 1 is 1.56 bits per heavy atom. The number of nitrogens with two attached hydrogens (primary N) is 1. The van der Waals surface area contributed by atoms with Crippen molar-refractivity contribution in [1.29, 1.82) is 0 Å². The number of carbonyl (C=O) groups is 2. The maximum absolute atomic E-state index is 12.4. The lowest BCUT2D eigenvalue weighted by Crippen LogP contribution is -2.56. The van der Waals surface area contributed by atoms with Gasteiger partial charge in [-0.1, -0.05) is 0 Å². The Morgan fingerprint density at radius 3 is 2.78 bits per heavy atom. The summed E-state index contributed by atoms with van der Waals surface area (Å²) in [5.74, 6) is -0.398. The number of anilines is 1. The van der Waals surface area contributed by atoms with Crippen LogP contribution in [0.1, 0.15) is 23.1 Å². The van der Waals surface area contributed by atoms with Crippen LogP contribution < -0.4 is 11.1 Å². The third-order valence-corrected chi connectivity index (χ3v) is 3.23. The van der Waals surface area contributed by atoms with Crippen LogP contribution in [-0.2, 0) is 11.8 Å². The molecule has 7 heteroatoms. The minimum absolute atomic E-state index is 0.146. The molecular formula is C11H17N5O2. The molecule has 7 nitrogen and oxygen atoms in total. The topological polar surface area (TPSA) is 93.2 Å². The summed E-state index contributed by atoms with van der Waals surface area (Å²) < 4.78 is 1.46. The molecule has 1 saturated heterocycles. The molecule has 3 N–H and O–H groups in total. The largest absolute Gasteiger partial charge is 0.395 e. The Bertz CT molecular complexity index is 508. The van der Waals surface area contributed by atoms with Crippen LogP contribution in [0.5, 0.6) is 0 Å². The Morgan fingerprint density at radius 2 is 2.22 bits per heavy atom. The molecule has 0 saturated carbocycles. The van der Waals surface area contributed by atoms with Gasteiger partial charge in [-0.3, -0.25) is 14.3 Å². The first-order chi connectivity index (χ1) is 8.43. The Balaban J connectivity index is 2.33. The van der Waals surface area contributed by atoms with E-state index in [1.807, 2.05) is 0 Å². The van der Waals surface area contributed by atoms with Crippen molar-refractivity contribution in [2.75, 3.05) is 18.8 Å². The maximum Gasteiger partial charge on any atom is 0.275 e. The number of rotatable bonds is 1. The van der Waals surface area contributed by atoms with E-state index in [9.17, 15) is 9.59 Å². The molecule has 1 aromatic heterocycles. The molecule has 1 aromatic rings. The number of nitrogen functional groups attached to an aromatic ring is 1. The number of hydrogen-bond donors (Lipinski definition) is 2. The number of aryl methyl sites for hydroxylation is 2. The van der Waals surface area contributed by atoms with Crippen molar-refractivity contribution >= 4 is 17.5 Å². The van der Waals surface area contributed by atoms with E-state index in [4.69, 9.17) is 5.73 Å². The van der Waals surface area contributed by atoms with Crippen LogP contribution >= 0.6 is 0 Å². The number of nitrogens with one attached hydrogen (secondary N) is 1. The zero-order chi connectivity index (χ0) is 13.4. The number of amides is 2. The normalized spacial score (nSPS) is 19.8. The molecule has 1 atom stereocenters. The second-order valence-corrected chi connectivity index (χ2v) is 4.44. The molecule has 2 heterocycles. The predicted molar refractivity (Wildman–Crippen MR) is 65.9 cm³/mol. The molecule has 2 amide bonds. The highest BCUT2D eigenvalue weighted by Gasteiger charge is 2.32. The van der Waals surface area contributed by atoms with Crippen LogP contribution in [0, 0.1) is 6.92 Å². The SMILES string of the molecule is Cc1nn(C)c(C(=O)N2CCNC(=O)C2C)c1N. The standard InChI is InChI=1S/C11H17N5O2/c1-6-8(12)9(15(3)14-6)11(18)16-5-4-13-10(17)7(16)2/h7H,4-5,12H2,1-3H3,(H,13,17). The first-order valence-electron chi connectivity index (χ1n) is 5.81. The third kappa shape index (κ3) is 1.81. The maximum atomic E-state index is 12.4. The van der Waals surface area contributed by atoms with Gasteiger partial charge in [-0.05, 0) is 13.8 Å². The van der Waals surface area contributed by atoms with Crippen molar-refractivity contribution in [2.24, 2.45) is 7.05 Å². The zero-order valence-corrected chi connectivity index (χ0v) is 10.7. The molecule has 1 aliphatic heterocycles. The van der Waals surface area contributed by atoms with Crippen molar-refractivity contribution in [2.45, 2.75) is 19.9 Å². The number of nitrogens with zero attached hydrogens (tertiary/aromatic N) is 3. The molecule has 1 aliphatic rings. The van der Waals surface area contributed by atoms with Crippen molar-refractivity contribution < 1.29 is 9.59 Å². The van der Waals surface area contributed by atoms with Gasteiger partial charge in [-0.2, -0.15) is 5.10 Å². The molecule has 1 unspecified atom stereocenters. The van der Waals surface area contributed by atoms with Crippen molar-refractivity contribution in [3.05, 3.63) is 11.4 Å². The van der Waals surface area contributed by atoms with E-state index in [-0.39, 0.29) is 11.8 Å². The van der Waals surface area contributed by atoms with E-state index in [2.05, 4.69) is 10.4 Å². The third-order valence-electron chi connectivity index (χ3n) is 3.23. The minimum Gasteiger partial charge on any atom is -0.395 e. The number of piperazine rings is 1. The van der Waals surface area contributed by atoms with Crippen LogP contribution in [-0.4, -0.2) is 45.6 Å².